The van der Waals surface area contributed by atoms with Crippen LogP contribution in [0.15, 0.2) is 223 Å². The maximum atomic E-state index is 6.81. The van der Waals surface area contributed by atoms with Gasteiger partial charge in [0.15, 0.2) is 17.5 Å². The molecule has 290 valence electrons. The second-order valence-electron chi connectivity index (χ2n) is 15.6. The van der Waals surface area contributed by atoms with Crippen molar-refractivity contribution in [1.82, 2.24) is 19.5 Å². The molecule has 3 aromatic heterocycles. The van der Waals surface area contributed by atoms with E-state index in [1.54, 1.807) is 0 Å². The SMILES string of the molecule is c1ccc(-c2ccc(-c3nc(-c4ccc(-c5ccccc5)cc4)nc(-c4ccc(-c5ccc6c(c5)oc5c6ccc6c5c5ccccc5n6-c5ccccc5)cc4)n3)cc2)cc1. The molecule has 0 bridgehead atoms. The molecule has 0 saturated heterocycles. The Hall–Kier alpha value is -8.41. The van der Waals surface area contributed by atoms with Gasteiger partial charge in [-0.25, -0.2) is 15.0 Å². The van der Waals surface area contributed by atoms with E-state index in [1.807, 2.05) is 12.1 Å². The fourth-order valence-electron chi connectivity index (χ4n) is 8.78. The molecule has 0 fully saturated rings. The molecule has 3 heterocycles. The quantitative estimate of drug-likeness (QED) is 0.161. The van der Waals surface area contributed by atoms with Crippen molar-refractivity contribution >= 4 is 43.7 Å². The first-order chi connectivity index (χ1) is 30.7. The van der Waals surface area contributed by atoms with Gasteiger partial charge in [-0.3, -0.25) is 0 Å². The average molecular weight is 793 g/mol. The smallest absolute Gasteiger partial charge is 0.164 e. The predicted molar refractivity (Wildman–Crippen MR) is 254 cm³/mol. The average Bonchev–Trinajstić information content (AvgIpc) is 3.90. The molecule has 0 radical (unpaired) electrons. The Morgan fingerprint density at radius 1 is 0.306 bits per heavy atom. The normalized spacial score (nSPS) is 11.5. The molecular weight excluding hydrogens is 757 g/mol. The Kier molecular flexibility index (Phi) is 8.42. The van der Waals surface area contributed by atoms with Crippen molar-refractivity contribution in [3.05, 3.63) is 218 Å². The minimum Gasteiger partial charge on any atom is -0.455 e. The van der Waals surface area contributed by atoms with E-state index in [4.69, 9.17) is 19.4 Å². The molecule has 12 rings (SSSR count). The molecule has 0 saturated carbocycles. The summed E-state index contributed by atoms with van der Waals surface area (Å²) in [6.45, 7) is 0. The third-order valence-electron chi connectivity index (χ3n) is 11.9. The van der Waals surface area contributed by atoms with Crippen molar-refractivity contribution in [2.45, 2.75) is 0 Å². The van der Waals surface area contributed by atoms with Gasteiger partial charge in [0.2, 0.25) is 0 Å². The molecule has 0 aliphatic heterocycles. The Morgan fingerprint density at radius 2 is 0.726 bits per heavy atom. The van der Waals surface area contributed by atoms with E-state index < -0.39 is 0 Å². The van der Waals surface area contributed by atoms with Gasteiger partial charge in [-0.05, 0) is 75.8 Å². The van der Waals surface area contributed by atoms with Gasteiger partial charge in [-0.2, -0.15) is 0 Å². The summed E-state index contributed by atoms with van der Waals surface area (Å²) in [5.41, 5.74) is 14.7. The summed E-state index contributed by atoms with van der Waals surface area (Å²) in [4.78, 5) is 15.2. The summed E-state index contributed by atoms with van der Waals surface area (Å²) < 4.78 is 9.14. The number of fused-ring (bicyclic) bond motifs is 7. The Bertz CT molecular complexity index is 3480. The summed E-state index contributed by atoms with van der Waals surface area (Å²) >= 11 is 0. The summed E-state index contributed by atoms with van der Waals surface area (Å²) in [6.07, 6.45) is 0. The van der Waals surface area contributed by atoms with Crippen LogP contribution in [-0.4, -0.2) is 19.5 Å². The van der Waals surface area contributed by atoms with Crippen LogP contribution in [0.5, 0.6) is 0 Å². The standard InChI is InChI=1S/C57H36N4O/c1-4-12-37(13-5-1)39-20-26-42(27-21-39)55-58-56(43-28-22-40(23-29-43)38-14-6-2-7-15-38)60-57(59-55)44-30-24-41(25-31-44)45-32-33-47-48-34-35-51-53(54(48)62-52(47)36-45)49-18-10-11-19-50(49)61(51)46-16-8-3-9-17-46/h1-36H. The van der Waals surface area contributed by atoms with E-state index >= 15 is 0 Å². The first-order valence-electron chi connectivity index (χ1n) is 20.8. The second kappa shape index (κ2) is 14.7. The highest BCUT2D eigenvalue weighted by atomic mass is 16.3. The van der Waals surface area contributed by atoms with Crippen LogP contribution in [0.3, 0.4) is 0 Å². The minimum absolute atomic E-state index is 0.613. The molecule has 0 atom stereocenters. The molecule has 0 amide bonds. The number of furan rings is 1. The predicted octanol–water partition coefficient (Wildman–Crippen LogP) is 14.9. The molecule has 12 aromatic rings. The number of hydrogen-bond donors (Lipinski definition) is 0. The molecule has 0 N–H and O–H groups in total. The van der Waals surface area contributed by atoms with Crippen molar-refractivity contribution in [2.75, 3.05) is 0 Å². The van der Waals surface area contributed by atoms with Crippen LogP contribution in [0.2, 0.25) is 0 Å². The number of para-hydroxylation sites is 2. The van der Waals surface area contributed by atoms with Crippen LogP contribution < -0.4 is 0 Å². The zero-order chi connectivity index (χ0) is 41.0. The van der Waals surface area contributed by atoms with E-state index in [-0.39, 0.29) is 0 Å². The molecule has 9 aromatic carbocycles. The topological polar surface area (TPSA) is 56.7 Å². The van der Waals surface area contributed by atoms with Gasteiger partial charge in [-0.1, -0.05) is 176 Å². The van der Waals surface area contributed by atoms with Crippen LogP contribution in [0.4, 0.5) is 0 Å². The highest BCUT2D eigenvalue weighted by Gasteiger charge is 2.19. The number of rotatable bonds is 7. The highest BCUT2D eigenvalue weighted by Crippen LogP contribution is 2.41. The fourth-order valence-corrected chi connectivity index (χ4v) is 8.78. The largest absolute Gasteiger partial charge is 0.455 e. The minimum atomic E-state index is 0.613. The summed E-state index contributed by atoms with van der Waals surface area (Å²) in [5.74, 6) is 1.86. The van der Waals surface area contributed by atoms with Crippen LogP contribution in [-0.2, 0) is 0 Å². The van der Waals surface area contributed by atoms with Gasteiger partial charge < -0.3 is 8.98 Å². The summed E-state index contributed by atoms with van der Waals surface area (Å²) in [6, 6.07) is 76.2. The molecule has 0 unspecified atom stereocenters. The Labute approximate surface area is 357 Å². The lowest BCUT2D eigenvalue weighted by atomic mass is 10.0. The third-order valence-corrected chi connectivity index (χ3v) is 11.9. The number of aromatic nitrogens is 4. The molecule has 0 spiro atoms. The third kappa shape index (κ3) is 6.14. The van der Waals surface area contributed by atoms with E-state index in [2.05, 4.69) is 211 Å². The maximum Gasteiger partial charge on any atom is 0.164 e. The lowest BCUT2D eigenvalue weighted by Gasteiger charge is -2.10. The van der Waals surface area contributed by atoms with E-state index in [0.29, 0.717) is 17.5 Å². The molecule has 0 aliphatic carbocycles. The van der Waals surface area contributed by atoms with Gasteiger partial charge in [0, 0.05) is 38.5 Å². The van der Waals surface area contributed by atoms with Crippen LogP contribution in [0.25, 0.3) is 117 Å². The van der Waals surface area contributed by atoms with E-state index in [9.17, 15) is 0 Å². The van der Waals surface area contributed by atoms with Crippen LogP contribution in [0, 0.1) is 0 Å². The highest BCUT2D eigenvalue weighted by molar-refractivity contribution is 6.24. The molecule has 5 nitrogen and oxygen atoms in total. The van der Waals surface area contributed by atoms with Gasteiger partial charge in [-0.15, -0.1) is 0 Å². The molecule has 0 aliphatic rings. The van der Waals surface area contributed by atoms with Crippen molar-refractivity contribution < 1.29 is 4.42 Å². The Morgan fingerprint density at radius 3 is 1.27 bits per heavy atom. The van der Waals surface area contributed by atoms with Gasteiger partial charge in [0.25, 0.3) is 0 Å². The van der Waals surface area contributed by atoms with Gasteiger partial charge in [0.1, 0.15) is 11.2 Å². The van der Waals surface area contributed by atoms with E-state index in [0.717, 1.165) is 83.0 Å². The van der Waals surface area contributed by atoms with Crippen LogP contribution >= 0.6 is 0 Å². The Balaban J connectivity index is 0.918. The first kappa shape index (κ1) is 35.5. The summed E-state index contributed by atoms with van der Waals surface area (Å²) in [7, 11) is 0. The maximum absolute atomic E-state index is 6.81. The van der Waals surface area contributed by atoms with Crippen molar-refractivity contribution in [1.29, 1.82) is 0 Å². The molecular formula is C57H36N4O. The van der Waals surface area contributed by atoms with Crippen molar-refractivity contribution in [3.8, 4) is 73.2 Å². The molecule has 62 heavy (non-hydrogen) atoms. The molecule has 5 heteroatoms. The van der Waals surface area contributed by atoms with Crippen molar-refractivity contribution in [2.24, 2.45) is 0 Å². The lowest BCUT2D eigenvalue weighted by molar-refractivity contribution is 0.673. The zero-order valence-electron chi connectivity index (χ0n) is 33.5. The zero-order valence-corrected chi connectivity index (χ0v) is 33.5. The van der Waals surface area contributed by atoms with E-state index in [1.165, 1.54) is 16.5 Å². The monoisotopic (exact) mass is 792 g/mol. The second-order valence-corrected chi connectivity index (χ2v) is 15.6. The van der Waals surface area contributed by atoms with Crippen LogP contribution in [0.1, 0.15) is 0 Å². The fraction of sp³-hybridized carbons (Fsp3) is 0. The number of nitrogens with zero attached hydrogens (tertiary/aromatic N) is 4. The first-order valence-corrected chi connectivity index (χ1v) is 20.8. The van der Waals surface area contributed by atoms with Gasteiger partial charge >= 0.3 is 0 Å². The van der Waals surface area contributed by atoms with Crippen molar-refractivity contribution in [3.63, 3.8) is 0 Å². The summed E-state index contributed by atoms with van der Waals surface area (Å²) in [5, 5.41) is 4.50. The number of hydrogen-bond acceptors (Lipinski definition) is 4. The lowest BCUT2D eigenvalue weighted by Crippen LogP contribution is -2.00. The number of benzene rings is 9. The van der Waals surface area contributed by atoms with Gasteiger partial charge in [0.05, 0.1) is 16.4 Å².